The summed E-state index contributed by atoms with van der Waals surface area (Å²) in [7, 11) is 0. The second-order valence-corrected chi connectivity index (χ2v) is 6.65. The van der Waals surface area contributed by atoms with Crippen molar-refractivity contribution < 1.29 is 4.79 Å². The molecule has 1 unspecified atom stereocenters. The Hall–Kier alpha value is -2.82. The standard InChI is InChI=1S/C14H16N8O2S/c23-12(8-25-14-17-13(24)18-19-14)21-5-3-9(7-21)16-10-1-2-11-15-4-6-22(11)20-10/h1-2,4,6,9H,3,5,7-8H2,(H,16,20)(H2,17,18,19,24). The van der Waals surface area contributed by atoms with Gasteiger partial charge < -0.3 is 10.2 Å². The molecule has 25 heavy (non-hydrogen) atoms. The van der Waals surface area contributed by atoms with E-state index in [0.717, 1.165) is 17.9 Å². The van der Waals surface area contributed by atoms with Gasteiger partial charge in [0.2, 0.25) is 5.91 Å². The number of aromatic amines is 2. The van der Waals surface area contributed by atoms with Crippen LogP contribution in [0.5, 0.6) is 0 Å². The molecule has 10 nitrogen and oxygen atoms in total. The third-order valence-electron chi connectivity index (χ3n) is 3.96. The van der Waals surface area contributed by atoms with Gasteiger partial charge in [-0.2, -0.15) is 0 Å². The smallest absolute Gasteiger partial charge is 0.341 e. The van der Waals surface area contributed by atoms with Crippen molar-refractivity contribution in [1.29, 1.82) is 0 Å². The third kappa shape index (κ3) is 3.50. The van der Waals surface area contributed by atoms with Gasteiger partial charge in [-0.25, -0.2) is 19.4 Å². The number of thioether (sulfide) groups is 1. The maximum Gasteiger partial charge on any atom is 0.341 e. The molecule has 0 bridgehead atoms. The number of hydrogen-bond acceptors (Lipinski definition) is 7. The molecule has 0 aliphatic carbocycles. The number of fused-ring (bicyclic) bond motifs is 1. The van der Waals surface area contributed by atoms with Gasteiger partial charge in [-0.3, -0.25) is 9.78 Å². The molecule has 3 N–H and O–H groups in total. The summed E-state index contributed by atoms with van der Waals surface area (Å²) in [6, 6.07) is 3.94. The van der Waals surface area contributed by atoms with E-state index in [0.29, 0.717) is 18.2 Å². The lowest BCUT2D eigenvalue weighted by Gasteiger charge is -2.17. The van der Waals surface area contributed by atoms with Gasteiger partial charge in [-0.05, 0) is 18.6 Å². The van der Waals surface area contributed by atoms with Crippen molar-refractivity contribution in [3.05, 3.63) is 35.0 Å². The predicted octanol–water partition coefficient (Wildman–Crippen LogP) is -0.0542. The largest absolute Gasteiger partial charge is 0.364 e. The quantitative estimate of drug-likeness (QED) is 0.545. The number of likely N-dealkylation sites (tertiary alicyclic amines) is 1. The van der Waals surface area contributed by atoms with Crippen molar-refractivity contribution in [2.24, 2.45) is 0 Å². The van der Waals surface area contributed by atoms with Gasteiger partial charge in [0, 0.05) is 31.5 Å². The van der Waals surface area contributed by atoms with Crippen LogP contribution < -0.4 is 11.0 Å². The van der Waals surface area contributed by atoms with Crippen molar-refractivity contribution in [3.8, 4) is 0 Å². The van der Waals surface area contributed by atoms with Crippen molar-refractivity contribution in [1.82, 2.24) is 34.7 Å². The molecule has 11 heteroatoms. The first-order chi connectivity index (χ1) is 12.2. The molecular weight excluding hydrogens is 344 g/mol. The Labute approximate surface area is 146 Å². The maximum atomic E-state index is 12.3. The van der Waals surface area contributed by atoms with Crippen molar-refractivity contribution in [3.63, 3.8) is 0 Å². The number of hydrogen-bond donors (Lipinski definition) is 3. The molecule has 1 atom stereocenters. The van der Waals surface area contributed by atoms with Crippen molar-refractivity contribution >= 4 is 29.1 Å². The molecule has 1 amide bonds. The minimum absolute atomic E-state index is 0.0242. The summed E-state index contributed by atoms with van der Waals surface area (Å²) in [5, 5.41) is 14.3. The average molecular weight is 360 g/mol. The average Bonchev–Trinajstić information content (AvgIpc) is 3.33. The van der Waals surface area contributed by atoms with Crippen molar-refractivity contribution in [2.45, 2.75) is 17.6 Å². The topological polar surface area (TPSA) is 124 Å². The van der Waals surface area contributed by atoms with Gasteiger partial charge in [-0.15, -0.1) is 10.2 Å². The highest BCUT2D eigenvalue weighted by Gasteiger charge is 2.26. The van der Waals surface area contributed by atoms with E-state index in [4.69, 9.17) is 0 Å². The minimum atomic E-state index is -0.372. The summed E-state index contributed by atoms with van der Waals surface area (Å²) in [6.45, 7) is 1.32. The fourth-order valence-corrected chi connectivity index (χ4v) is 3.47. The summed E-state index contributed by atoms with van der Waals surface area (Å²) in [5.74, 6) is 1.02. The molecule has 1 aliphatic rings. The SMILES string of the molecule is O=C(CSc1n[nH]c(=O)[nH]1)N1CCC(Nc2ccc3nccn3n2)C1. The molecule has 1 saturated heterocycles. The van der Waals surface area contributed by atoms with E-state index in [-0.39, 0.29) is 23.4 Å². The number of carbonyl (C=O) groups is 1. The summed E-state index contributed by atoms with van der Waals surface area (Å²) < 4.78 is 1.71. The van der Waals surface area contributed by atoms with E-state index in [9.17, 15) is 9.59 Å². The zero-order valence-electron chi connectivity index (χ0n) is 13.2. The highest BCUT2D eigenvalue weighted by Crippen LogP contribution is 2.17. The number of nitrogens with zero attached hydrogens (tertiary/aromatic N) is 5. The molecule has 3 aromatic heterocycles. The van der Waals surface area contributed by atoms with Crippen LogP contribution in [0.1, 0.15) is 6.42 Å². The zero-order valence-corrected chi connectivity index (χ0v) is 14.0. The number of imidazole rings is 1. The van der Waals surface area contributed by atoms with Crippen LogP contribution in [0.3, 0.4) is 0 Å². The van der Waals surface area contributed by atoms with E-state index < -0.39 is 0 Å². The first-order valence-corrected chi connectivity index (χ1v) is 8.78. The number of anilines is 1. The normalized spacial score (nSPS) is 17.3. The maximum absolute atomic E-state index is 12.3. The molecule has 4 heterocycles. The van der Waals surface area contributed by atoms with Crippen LogP contribution in [0.25, 0.3) is 5.65 Å². The molecule has 130 valence electrons. The monoisotopic (exact) mass is 360 g/mol. The number of amides is 1. The summed E-state index contributed by atoms with van der Waals surface area (Å²) in [6.07, 6.45) is 4.35. The summed E-state index contributed by atoms with van der Waals surface area (Å²) >= 11 is 1.21. The van der Waals surface area contributed by atoms with Crippen LogP contribution in [-0.4, -0.2) is 65.5 Å². The van der Waals surface area contributed by atoms with Gasteiger partial charge in [0.15, 0.2) is 10.8 Å². The number of nitrogens with one attached hydrogen (secondary N) is 3. The predicted molar refractivity (Wildman–Crippen MR) is 91.5 cm³/mol. The Kier molecular flexibility index (Phi) is 4.14. The Balaban J connectivity index is 1.31. The Bertz CT molecular complexity index is 947. The Morgan fingerprint density at radius 2 is 2.36 bits per heavy atom. The molecule has 4 rings (SSSR count). The van der Waals surface area contributed by atoms with Crippen LogP contribution in [0, 0.1) is 0 Å². The van der Waals surface area contributed by atoms with Gasteiger partial charge >= 0.3 is 5.69 Å². The molecular formula is C14H16N8O2S. The number of rotatable bonds is 5. The summed E-state index contributed by atoms with van der Waals surface area (Å²) in [4.78, 5) is 31.7. The molecule has 1 fully saturated rings. The first kappa shape index (κ1) is 15.7. The molecule has 0 saturated carbocycles. The minimum Gasteiger partial charge on any atom is -0.364 e. The lowest BCUT2D eigenvalue weighted by Crippen LogP contribution is -2.33. The van der Waals surface area contributed by atoms with Crippen LogP contribution >= 0.6 is 11.8 Å². The van der Waals surface area contributed by atoms with E-state index in [1.807, 2.05) is 17.0 Å². The van der Waals surface area contributed by atoms with E-state index >= 15 is 0 Å². The van der Waals surface area contributed by atoms with Crippen LogP contribution in [-0.2, 0) is 4.79 Å². The van der Waals surface area contributed by atoms with Gasteiger partial charge in [0.1, 0.15) is 5.82 Å². The highest BCUT2D eigenvalue weighted by atomic mass is 32.2. The van der Waals surface area contributed by atoms with Crippen LogP contribution in [0.4, 0.5) is 5.82 Å². The fraction of sp³-hybridized carbons (Fsp3) is 0.357. The van der Waals surface area contributed by atoms with E-state index in [2.05, 4.69) is 30.6 Å². The van der Waals surface area contributed by atoms with E-state index in [1.165, 1.54) is 11.8 Å². The number of H-pyrrole nitrogens is 2. The second-order valence-electron chi connectivity index (χ2n) is 5.69. The fourth-order valence-electron chi connectivity index (χ4n) is 2.75. The molecule has 0 aromatic carbocycles. The van der Waals surface area contributed by atoms with Gasteiger partial charge in [-0.1, -0.05) is 11.8 Å². The first-order valence-electron chi connectivity index (χ1n) is 7.79. The number of carbonyl (C=O) groups excluding carboxylic acids is 1. The highest BCUT2D eigenvalue weighted by molar-refractivity contribution is 7.99. The molecule has 0 radical (unpaired) electrons. The molecule has 0 spiro atoms. The molecule has 1 aliphatic heterocycles. The van der Waals surface area contributed by atoms with Crippen molar-refractivity contribution in [2.75, 3.05) is 24.2 Å². The summed E-state index contributed by atoms with van der Waals surface area (Å²) in [5.41, 5.74) is 0.421. The Morgan fingerprint density at radius 1 is 1.44 bits per heavy atom. The van der Waals surface area contributed by atoms with E-state index in [1.54, 1.807) is 16.9 Å². The second kappa shape index (κ2) is 6.59. The van der Waals surface area contributed by atoms with Gasteiger partial charge in [0.05, 0.1) is 5.75 Å². The Morgan fingerprint density at radius 3 is 3.20 bits per heavy atom. The number of aromatic nitrogens is 6. The molecule has 3 aromatic rings. The third-order valence-corrected chi connectivity index (χ3v) is 4.82. The van der Waals surface area contributed by atoms with Crippen LogP contribution in [0.15, 0.2) is 34.5 Å². The van der Waals surface area contributed by atoms with Gasteiger partial charge in [0.25, 0.3) is 0 Å². The zero-order chi connectivity index (χ0) is 17.2. The lowest BCUT2D eigenvalue weighted by atomic mass is 10.2. The van der Waals surface area contributed by atoms with Crippen LogP contribution in [0.2, 0.25) is 0 Å². The lowest BCUT2D eigenvalue weighted by molar-refractivity contribution is -0.127.